The first-order chi connectivity index (χ1) is 11.0. The monoisotopic (exact) mass is 306 g/mol. The lowest BCUT2D eigenvalue weighted by molar-refractivity contribution is 0.417. The highest BCUT2D eigenvalue weighted by Gasteiger charge is 2.17. The van der Waals surface area contributed by atoms with E-state index >= 15 is 0 Å². The predicted octanol–water partition coefficient (Wildman–Crippen LogP) is 4.99. The first-order valence-corrected chi connectivity index (χ1v) is 7.80. The Bertz CT molecular complexity index is 822. The van der Waals surface area contributed by atoms with Crippen molar-refractivity contribution in [3.63, 3.8) is 0 Å². The van der Waals surface area contributed by atoms with Crippen molar-refractivity contribution < 1.29 is 4.74 Å². The Morgan fingerprint density at radius 3 is 2.04 bits per heavy atom. The number of rotatable bonds is 3. The van der Waals surface area contributed by atoms with Crippen molar-refractivity contribution in [1.29, 1.82) is 0 Å². The lowest BCUT2D eigenvalue weighted by Crippen LogP contribution is -1.96. The van der Waals surface area contributed by atoms with Gasteiger partial charge in [-0.1, -0.05) is 30.3 Å². The Hall–Kier alpha value is -2.55. The van der Waals surface area contributed by atoms with Crippen LogP contribution in [0.15, 0.2) is 36.4 Å². The quantitative estimate of drug-likeness (QED) is 0.740. The number of aromatic nitrogens is 2. The summed E-state index contributed by atoms with van der Waals surface area (Å²) in [5.41, 5.74) is 7.90. The molecule has 3 heteroatoms. The molecule has 0 unspecified atom stereocenters. The molecule has 0 atom stereocenters. The fraction of sp³-hybridized carbons (Fsp3) is 0.250. The summed E-state index contributed by atoms with van der Waals surface area (Å²) in [4.78, 5) is 7.99. The van der Waals surface area contributed by atoms with Gasteiger partial charge in [-0.25, -0.2) is 4.98 Å². The minimum Gasteiger partial charge on any atom is -0.495 e. The van der Waals surface area contributed by atoms with Crippen molar-refractivity contribution in [3.05, 3.63) is 58.9 Å². The van der Waals surface area contributed by atoms with Crippen LogP contribution in [0.5, 0.6) is 5.75 Å². The molecule has 118 valence electrons. The predicted molar refractivity (Wildman–Crippen MR) is 95.0 cm³/mol. The average Bonchev–Trinajstić information content (AvgIpc) is 2.86. The molecule has 1 heterocycles. The number of ether oxygens (including phenoxy) is 1. The van der Waals surface area contributed by atoms with Crippen molar-refractivity contribution in [2.75, 3.05) is 7.11 Å². The molecule has 0 bridgehead atoms. The van der Waals surface area contributed by atoms with Gasteiger partial charge in [0, 0.05) is 11.3 Å². The summed E-state index contributed by atoms with van der Waals surface area (Å²) < 4.78 is 5.78. The Morgan fingerprint density at radius 1 is 0.870 bits per heavy atom. The molecule has 0 aliphatic rings. The molecule has 0 saturated heterocycles. The first-order valence-electron chi connectivity index (χ1n) is 7.80. The largest absolute Gasteiger partial charge is 0.495 e. The van der Waals surface area contributed by atoms with Crippen LogP contribution in [0.4, 0.5) is 0 Å². The van der Waals surface area contributed by atoms with E-state index in [2.05, 4.69) is 54.1 Å². The minimum absolute atomic E-state index is 0.852. The summed E-state index contributed by atoms with van der Waals surface area (Å²) >= 11 is 0. The van der Waals surface area contributed by atoms with Gasteiger partial charge >= 0.3 is 0 Å². The van der Waals surface area contributed by atoms with E-state index < -0.39 is 0 Å². The lowest BCUT2D eigenvalue weighted by Gasteiger charge is -2.16. The highest BCUT2D eigenvalue weighted by atomic mass is 16.5. The summed E-state index contributed by atoms with van der Waals surface area (Å²) in [6, 6.07) is 12.6. The van der Waals surface area contributed by atoms with Gasteiger partial charge in [-0.3, -0.25) is 0 Å². The molecule has 3 aromatic rings. The Morgan fingerprint density at radius 2 is 1.48 bits per heavy atom. The van der Waals surface area contributed by atoms with Gasteiger partial charge in [0.15, 0.2) is 0 Å². The van der Waals surface area contributed by atoms with Gasteiger partial charge in [0.1, 0.15) is 11.6 Å². The number of aryl methyl sites for hydroxylation is 4. The molecule has 3 nitrogen and oxygen atoms in total. The zero-order valence-corrected chi connectivity index (χ0v) is 14.3. The molecule has 0 aliphatic carbocycles. The zero-order valence-electron chi connectivity index (χ0n) is 14.3. The van der Waals surface area contributed by atoms with Crippen molar-refractivity contribution in [3.8, 4) is 28.3 Å². The van der Waals surface area contributed by atoms with Crippen molar-refractivity contribution >= 4 is 0 Å². The maximum atomic E-state index is 5.78. The highest BCUT2D eigenvalue weighted by molar-refractivity contribution is 5.83. The topological polar surface area (TPSA) is 37.9 Å². The smallest absolute Gasteiger partial charge is 0.141 e. The third-order valence-electron chi connectivity index (χ3n) is 4.35. The van der Waals surface area contributed by atoms with E-state index in [4.69, 9.17) is 4.74 Å². The number of hydrogen-bond donors (Lipinski definition) is 1. The molecule has 0 amide bonds. The van der Waals surface area contributed by atoms with Gasteiger partial charge in [-0.05, 0) is 50.5 Å². The Balaban J connectivity index is 2.26. The van der Waals surface area contributed by atoms with E-state index in [0.717, 1.165) is 34.1 Å². The van der Waals surface area contributed by atoms with Gasteiger partial charge in [0.05, 0.1) is 18.4 Å². The number of imidazole rings is 1. The standard InChI is InChI=1S/C20H22N2O/c1-12-8-6-9-13(2)18(12)16-10-7-11-17(19(16)23-5)20-21-14(3)15(4)22-20/h6-11H,1-5H3,(H,21,22). The molecule has 3 rings (SSSR count). The van der Waals surface area contributed by atoms with Crippen LogP contribution in [0.1, 0.15) is 22.5 Å². The molecule has 0 aliphatic heterocycles. The maximum Gasteiger partial charge on any atom is 0.141 e. The number of H-pyrrole nitrogens is 1. The lowest BCUT2D eigenvalue weighted by atomic mass is 9.93. The number of para-hydroxylation sites is 1. The number of aromatic amines is 1. The second-order valence-corrected chi connectivity index (χ2v) is 5.95. The molecule has 0 radical (unpaired) electrons. The molecule has 2 aromatic carbocycles. The van der Waals surface area contributed by atoms with E-state index in [1.165, 1.54) is 16.7 Å². The number of hydrogen-bond acceptors (Lipinski definition) is 2. The highest BCUT2D eigenvalue weighted by Crippen LogP contribution is 2.40. The number of methoxy groups -OCH3 is 1. The number of nitrogens with one attached hydrogen (secondary N) is 1. The molecule has 1 aromatic heterocycles. The van der Waals surface area contributed by atoms with Crippen LogP contribution < -0.4 is 4.74 Å². The van der Waals surface area contributed by atoms with Crippen LogP contribution in [0.25, 0.3) is 22.5 Å². The van der Waals surface area contributed by atoms with Gasteiger partial charge in [-0.2, -0.15) is 0 Å². The normalized spacial score (nSPS) is 10.8. The van der Waals surface area contributed by atoms with Crippen LogP contribution in [-0.4, -0.2) is 17.1 Å². The number of benzene rings is 2. The summed E-state index contributed by atoms with van der Waals surface area (Å²) in [6.45, 7) is 8.32. The fourth-order valence-electron chi connectivity index (χ4n) is 3.05. The third-order valence-corrected chi connectivity index (χ3v) is 4.35. The van der Waals surface area contributed by atoms with Crippen molar-refractivity contribution in [1.82, 2.24) is 9.97 Å². The summed E-state index contributed by atoms with van der Waals surface area (Å²) in [5.74, 6) is 1.71. The SMILES string of the molecule is COc1c(-c2nc(C)c(C)[nH]2)cccc1-c1c(C)cccc1C. The van der Waals surface area contributed by atoms with Crippen LogP contribution in [0.3, 0.4) is 0 Å². The molecule has 0 saturated carbocycles. The van der Waals surface area contributed by atoms with E-state index in [-0.39, 0.29) is 0 Å². The van der Waals surface area contributed by atoms with Crippen LogP contribution in [0, 0.1) is 27.7 Å². The zero-order chi connectivity index (χ0) is 16.6. The van der Waals surface area contributed by atoms with Crippen LogP contribution in [-0.2, 0) is 0 Å². The van der Waals surface area contributed by atoms with E-state index in [9.17, 15) is 0 Å². The molecule has 1 N–H and O–H groups in total. The third kappa shape index (κ3) is 2.63. The molecular formula is C20H22N2O. The van der Waals surface area contributed by atoms with E-state index in [1.54, 1.807) is 7.11 Å². The van der Waals surface area contributed by atoms with Crippen LogP contribution >= 0.6 is 0 Å². The van der Waals surface area contributed by atoms with Gasteiger partial charge < -0.3 is 9.72 Å². The van der Waals surface area contributed by atoms with Crippen molar-refractivity contribution in [2.45, 2.75) is 27.7 Å². The van der Waals surface area contributed by atoms with E-state index in [1.807, 2.05) is 19.9 Å². The van der Waals surface area contributed by atoms with Gasteiger partial charge in [0.2, 0.25) is 0 Å². The number of nitrogens with zero attached hydrogens (tertiary/aromatic N) is 1. The summed E-state index contributed by atoms with van der Waals surface area (Å²) in [7, 11) is 1.72. The summed E-state index contributed by atoms with van der Waals surface area (Å²) in [5, 5.41) is 0. The van der Waals surface area contributed by atoms with Gasteiger partial charge in [0.25, 0.3) is 0 Å². The van der Waals surface area contributed by atoms with Crippen LogP contribution in [0.2, 0.25) is 0 Å². The maximum absolute atomic E-state index is 5.78. The first kappa shape index (κ1) is 15.3. The molecule has 0 spiro atoms. The Kier molecular flexibility index (Phi) is 3.95. The van der Waals surface area contributed by atoms with Crippen molar-refractivity contribution in [2.24, 2.45) is 0 Å². The Labute approximate surface area is 137 Å². The fourth-order valence-corrected chi connectivity index (χ4v) is 3.05. The van der Waals surface area contributed by atoms with E-state index in [0.29, 0.717) is 0 Å². The molecule has 0 fully saturated rings. The average molecular weight is 306 g/mol. The summed E-state index contributed by atoms with van der Waals surface area (Å²) in [6.07, 6.45) is 0. The second-order valence-electron chi connectivity index (χ2n) is 5.95. The second kappa shape index (κ2) is 5.92. The van der Waals surface area contributed by atoms with Gasteiger partial charge in [-0.15, -0.1) is 0 Å². The molecule has 23 heavy (non-hydrogen) atoms. The minimum atomic E-state index is 0.852. The molecular weight excluding hydrogens is 284 g/mol.